The second kappa shape index (κ2) is 4.57. The molecule has 2 bridgehead atoms. The Balaban J connectivity index is 1.62. The monoisotopic (exact) mass is 277 g/mol. The molecule has 3 aliphatic heterocycles. The zero-order valence-electron chi connectivity index (χ0n) is 10.5. The zero-order valence-corrected chi connectivity index (χ0v) is 11.3. The normalized spacial score (nSPS) is 26.6. The molecule has 0 unspecified atom stereocenters. The van der Waals surface area contributed by atoms with E-state index in [-0.39, 0.29) is 0 Å². The molecule has 2 aromatic heterocycles. The van der Waals surface area contributed by atoms with Gasteiger partial charge in [0.05, 0.1) is 5.51 Å². The molecule has 0 atom stereocenters. The molecule has 19 heavy (non-hydrogen) atoms. The average Bonchev–Trinajstić information content (AvgIpc) is 3.05. The number of hydrogen-bond acceptors (Lipinski definition) is 7. The van der Waals surface area contributed by atoms with Crippen LogP contribution in [0.1, 0.15) is 12.8 Å². The van der Waals surface area contributed by atoms with E-state index in [1.54, 1.807) is 5.51 Å². The van der Waals surface area contributed by atoms with Gasteiger partial charge in [-0.05, 0) is 12.8 Å². The lowest BCUT2D eigenvalue weighted by Crippen LogP contribution is -2.38. The molecule has 7 heteroatoms. The molecule has 0 spiro atoms. The Bertz CT molecular complexity index is 546. The minimum atomic E-state index is 0.523. The molecule has 0 amide bonds. The highest BCUT2D eigenvalue weighted by Crippen LogP contribution is 2.28. The van der Waals surface area contributed by atoms with Crippen molar-refractivity contribution in [3.8, 4) is 11.6 Å². The Labute approximate surface area is 115 Å². The molecule has 2 aromatic rings. The standard InChI is InChI=1S/C12H15N5OS/c1-3-16-4-2-9(1)17(6-5-16)12-15-14-11(18-12)10-7-19-8-13-10/h7-9H,1-6H2. The lowest BCUT2D eigenvalue weighted by molar-refractivity contribution is 0.249. The van der Waals surface area contributed by atoms with Gasteiger partial charge in [-0.25, -0.2) is 4.98 Å². The van der Waals surface area contributed by atoms with Crippen LogP contribution in [0.3, 0.4) is 0 Å². The van der Waals surface area contributed by atoms with E-state index in [0.717, 1.165) is 18.8 Å². The molecule has 5 rings (SSSR count). The topological polar surface area (TPSA) is 58.3 Å². The van der Waals surface area contributed by atoms with Crippen LogP contribution in [0.4, 0.5) is 6.01 Å². The van der Waals surface area contributed by atoms with Gasteiger partial charge in [0.2, 0.25) is 0 Å². The van der Waals surface area contributed by atoms with Gasteiger partial charge in [0.25, 0.3) is 5.89 Å². The van der Waals surface area contributed by atoms with Crippen LogP contribution in [0.15, 0.2) is 15.3 Å². The summed E-state index contributed by atoms with van der Waals surface area (Å²) < 4.78 is 5.80. The third kappa shape index (κ3) is 2.02. The van der Waals surface area contributed by atoms with Crippen molar-refractivity contribution in [2.24, 2.45) is 0 Å². The minimum Gasteiger partial charge on any atom is -0.401 e. The van der Waals surface area contributed by atoms with Crippen molar-refractivity contribution in [2.75, 3.05) is 31.1 Å². The highest BCUT2D eigenvalue weighted by Gasteiger charge is 2.31. The molecule has 5 heterocycles. The molecule has 0 N–H and O–H groups in total. The number of aromatic nitrogens is 3. The van der Waals surface area contributed by atoms with Crippen molar-refractivity contribution in [2.45, 2.75) is 18.9 Å². The molecular formula is C12H15N5OS. The van der Waals surface area contributed by atoms with Crippen LogP contribution < -0.4 is 4.90 Å². The first-order valence-corrected chi connectivity index (χ1v) is 7.55. The predicted octanol–water partition coefficient (Wildman–Crippen LogP) is 1.48. The lowest BCUT2D eigenvalue weighted by atomic mass is 10.1. The van der Waals surface area contributed by atoms with E-state index < -0.39 is 0 Å². The molecule has 0 saturated carbocycles. The van der Waals surface area contributed by atoms with Gasteiger partial charge in [-0.3, -0.25) is 0 Å². The predicted molar refractivity (Wildman–Crippen MR) is 72.2 cm³/mol. The van der Waals surface area contributed by atoms with E-state index in [1.807, 2.05) is 5.38 Å². The van der Waals surface area contributed by atoms with Crippen LogP contribution in [0.5, 0.6) is 0 Å². The number of rotatable bonds is 2. The summed E-state index contributed by atoms with van der Waals surface area (Å²) in [5, 5.41) is 10.3. The summed E-state index contributed by atoms with van der Waals surface area (Å²) in [6.45, 7) is 4.44. The number of anilines is 1. The smallest absolute Gasteiger partial charge is 0.318 e. The zero-order chi connectivity index (χ0) is 12.7. The molecule has 3 fully saturated rings. The van der Waals surface area contributed by atoms with Crippen LogP contribution in [0.25, 0.3) is 11.6 Å². The summed E-state index contributed by atoms with van der Waals surface area (Å²) in [5.74, 6) is 0.523. The first kappa shape index (κ1) is 11.4. The van der Waals surface area contributed by atoms with Gasteiger partial charge in [0.15, 0.2) is 0 Å². The van der Waals surface area contributed by atoms with Crippen LogP contribution >= 0.6 is 11.3 Å². The van der Waals surface area contributed by atoms with Crippen molar-refractivity contribution in [3.05, 3.63) is 10.9 Å². The van der Waals surface area contributed by atoms with Gasteiger partial charge in [-0.15, -0.1) is 16.4 Å². The quantitative estimate of drug-likeness (QED) is 0.828. The maximum Gasteiger partial charge on any atom is 0.318 e. The Morgan fingerprint density at radius 1 is 1.16 bits per heavy atom. The van der Waals surface area contributed by atoms with Crippen LogP contribution in [0, 0.1) is 0 Å². The highest BCUT2D eigenvalue weighted by molar-refractivity contribution is 7.07. The van der Waals surface area contributed by atoms with E-state index in [0.29, 0.717) is 17.9 Å². The number of fused-ring (bicyclic) bond motifs is 4. The molecule has 0 aromatic carbocycles. The van der Waals surface area contributed by atoms with Crippen molar-refractivity contribution < 1.29 is 4.42 Å². The van der Waals surface area contributed by atoms with Crippen LogP contribution in [-0.4, -0.2) is 52.3 Å². The van der Waals surface area contributed by atoms with Crippen molar-refractivity contribution in [1.82, 2.24) is 20.1 Å². The average molecular weight is 277 g/mol. The molecule has 6 nitrogen and oxygen atoms in total. The van der Waals surface area contributed by atoms with E-state index in [9.17, 15) is 0 Å². The molecule has 0 radical (unpaired) electrons. The summed E-state index contributed by atoms with van der Waals surface area (Å²) in [5.41, 5.74) is 2.55. The Hall–Kier alpha value is -1.47. The van der Waals surface area contributed by atoms with Crippen molar-refractivity contribution in [3.63, 3.8) is 0 Å². The molecule has 3 saturated heterocycles. The largest absolute Gasteiger partial charge is 0.401 e. The SMILES string of the molecule is c1nc(-c2nnc(N3CCN4CCC3CC4)o2)cs1. The highest BCUT2D eigenvalue weighted by atomic mass is 32.1. The Morgan fingerprint density at radius 2 is 2.05 bits per heavy atom. The van der Waals surface area contributed by atoms with Gasteiger partial charge in [0, 0.05) is 37.6 Å². The fraction of sp³-hybridized carbons (Fsp3) is 0.583. The molecule has 100 valence electrons. The fourth-order valence-electron chi connectivity index (χ4n) is 2.89. The van der Waals surface area contributed by atoms with Gasteiger partial charge in [-0.1, -0.05) is 5.10 Å². The van der Waals surface area contributed by atoms with Crippen molar-refractivity contribution >= 4 is 17.4 Å². The third-order valence-corrected chi connectivity index (χ3v) is 4.55. The number of nitrogens with zero attached hydrogens (tertiary/aromatic N) is 5. The summed E-state index contributed by atoms with van der Waals surface area (Å²) in [6, 6.07) is 1.19. The lowest BCUT2D eigenvalue weighted by Gasteiger charge is -2.29. The van der Waals surface area contributed by atoms with Crippen molar-refractivity contribution in [1.29, 1.82) is 0 Å². The van der Waals surface area contributed by atoms with Gasteiger partial charge in [-0.2, -0.15) is 0 Å². The minimum absolute atomic E-state index is 0.523. The van der Waals surface area contributed by atoms with E-state index >= 15 is 0 Å². The second-order valence-corrected chi connectivity index (χ2v) is 5.75. The first-order chi connectivity index (χ1) is 9.40. The number of thiazole rings is 1. The second-order valence-electron chi connectivity index (χ2n) is 5.03. The van der Waals surface area contributed by atoms with Gasteiger partial charge < -0.3 is 14.2 Å². The van der Waals surface area contributed by atoms with E-state index in [1.165, 1.54) is 37.3 Å². The van der Waals surface area contributed by atoms with E-state index in [2.05, 4.69) is 25.0 Å². The fourth-order valence-corrected chi connectivity index (χ4v) is 3.42. The third-order valence-electron chi connectivity index (χ3n) is 3.97. The Kier molecular flexibility index (Phi) is 2.73. The van der Waals surface area contributed by atoms with Crippen LogP contribution in [0.2, 0.25) is 0 Å². The maximum absolute atomic E-state index is 5.80. The maximum atomic E-state index is 5.80. The summed E-state index contributed by atoms with van der Waals surface area (Å²) in [6.07, 6.45) is 2.38. The number of piperidine rings is 1. The van der Waals surface area contributed by atoms with Crippen LogP contribution in [-0.2, 0) is 0 Å². The summed E-state index contributed by atoms with van der Waals surface area (Å²) in [4.78, 5) is 8.99. The molecule has 0 aliphatic carbocycles. The number of hydrogen-bond donors (Lipinski definition) is 0. The Morgan fingerprint density at radius 3 is 2.84 bits per heavy atom. The molecular weight excluding hydrogens is 262 g/mol. The van der Waals surface area contributed by atoms with Gasteiger partial charge >= 0.3 is 6.01 Å². The first-order valence-electron chi connectivity index (χ1n) is 6.61. The van der Waals surface area contributed by atoms with Gasteiger partial charge in [0.1, 0.15) is 5.69 Å². The molecule has 3 aliphatic rings. The summed E-state index contributed by atoms with van der Waals surface area (Å²) in [7, 11) is 0. The summed E-state index contributed by atoms with van der Waals surface area (Å²) >= 11 is 1.54. The van der Waals surface area contributed by atoms with E-state index in [4.69, 9.17) is 4.42 Å².